The summed E-state index contributed by atoms with van der Waals surface area (Å²) in [4.78, 5) is 18.7. The van der Waals surface area contributed by atoms with E-state index in [4.69, 9.17) is 0 Å². The summed E-state index contributed by atoms with van der Waals surface area (Å²) >= 11 is 1.43. The molecule has 2 aromatic rings. The first-order valence-electron chi connectivity index (χ1n) is 7.80. The van der Waals surface area contributed by atoms with Gasteiger partial charge in [0.1, 0.15) is 0 Å². The third-order valence-corrected chi connectivity index (χ3v) is 4.47. The average molecular weight is 333 g/mol. The van der Waals surface area contributed by atoms with Gasteiger partial charge < -0.3 is 10.0 Å². The van der Waals surface area contributed by atoms with Crippen LogP contribution in [-0.4, -0.2) is 33.7 Å². The molecule has 6 heteroatoms. The number of hydrogen-bond acceptors (Lipinski definition) is 4. The number of amides is 2. The van der Waals surface area contributed by atoms with Gasteiger partial charge in [0.15, 0.2) is 5.13 Å². The zero-order valence-corrected chi connectivity index (χ0v) is 14.3. The summed E-state index contributed by atoms with van der Waals surface area (Å²) in [7, 11) is 0. The lowest BCUT2D eigenvalue weighted by molar-refractivity contribution is 0.169. The van der Waals surface area contributed by atoms with E-state index in [1.165, 1.54) is 11.3 Å². The number of anilines is 1. The van der Waals surface area contributed by atoms with Crippen molar-refractivity contribution in [3.05, 3.63) is 47.0 Å². The molecule has 0 aliphatic heterocycles. The zero-order valence-electron chi connectivity index (χ0n) is 13.5. The molecule has 0 radical (unpaired) electrons. The highest BCUT2D eigenvalue weighted by molar-refractivity contribution is 7.13. The molecule has 0 aliphatic carbocycles. The topological polar surface area (TPSA) is 65.5 Å². The van der Waals surface area contributed by atoms with E-state index in [0.717, 1.165) is 17.7 Å². The maximum Gasteiger partial charge on any atom is 0.324 e. The van der Waals surface area contributed by atoms with Crippen LogP contribution < -0.4 is 5.32 Å². The number of thiazole rings is 1. The van der Waals surface area contributed by atoms with Crippen molar-refractivity contribution in [1.82, 2.24) is 9.88 Å². The predicted molar refractivity (Wildman–Crippen MR) is 93.7 cm³/mol. The van der Waals surface area contributed by atoms with Gasteiger partial charge in [-0.2, -0.15) is 0 Å². The quantitative estimate of drug-likeness (QED) is 0.815. The second-order valence-corrected chi connectivity index (χ2v) is 6.26. The lowest BCUT2D eigenvalue weighted by Crippen LogP contribution is -2.41. The van der Waals surface area contributed by atoms with Crippen LogP contribution >= 0.6 is 11.3 Å². The Morgan fingerprint density at radius 3 is 2.74 bits per heavy atom. The number of carbonyl (C=O) groups excluding carboxylic acids is 1. The van der Waals surface area contributed by atoms with E-state index in [-0.39, 0.29) is 18.7 Å². The molecule has 1 heterocycles. The van der Waals surface area contributed by atoms with Crippen LogP contribution in [0.15, 0.2) is 35.7 Å². The highest BCUT2D eigenvalue weighted by Gasteiger charge is 2.21. The fourth-order valence-electron chi connectivity index (χ4n) is 2.24. The highest BCUT2D eigenvalue weighted by Crippen LogP contribution is 2.18. The number of nitrogens with one attached hydrogen (secondary N) is 1. The second kappa shape index (κ2) is 8.64. The number of aliphatic hydroxyl groups is 1. The van der Waals surface area contributed by atoms with Crippen molar-refractivity contribution in [3.63, 3.8) is 0 Å². The fraction of sp³-hybridized carbons (Fsp3) is 0.412. The average Bonchev–Trinajstić information content (AvgIpc) is 3.01. The van der Waals surface area contributed by atoms with Crippen LogP contribution in [0.1, 0.15) is 31.5 Å². The molecule has 0 spiro atoms. The largest absolute Gasteiger partial charge is 0.396 e. The molecule has 2 amide bonds. The monoisotopic (exact) mass is 333 g/mol. The second-order valence-electron chi connectivity index (χ2n) is 5.40. The van der Waals surface area contributed by atoms with Crippen LogP contribution in [0.2, 0.25) is 0 Å². The van der Waals surface area contributed by atoms with E-state index in [1.54, 1.807) is 4.90 Å². The standard InChI is InChI=1S/C17H23N3O2S/c1-3-15-12-23-16(18-15)19-17(22)20(13(2)9-10-21)11-14-7-5-4-6-8-14/h4-8,12-13,21H,3,9-11H2,1-2H3,(H,18,19,22). The smallest absolute Gasteiger partial charge is 0.324 e. The molecular formula is C17H23N3O2S. The minimum Gasteiger partial charge on any atom is -0.396 e. The van der Waals surface area contributed by atoms with E-state index in [0.29, 0.717) is 18.1 Å². The first-order chi connectivity index (χ1) is 11.1. The van der Waals surface area contributed by atoms with E-state index in [2.05, 4.69) is 10.3 Å². The molecule has 5 nitrogen and oxygen atoms in total. The molecule has 1 unspecified atom stereocenters. The van der Waals surface area contributed by atoms with Gasteiger partial charge in [-0.05, 0) is 25.3 Å². The Balaban J connectivity index is 2.10. The van der Waals surface area contributed by atoms with Gasteiger partial charge in [-0.25, -0.2) is 9.78 Å². The SMILES string of the molecule is CCc1csc(NC(=O)N(Cc2ccccc2)C(C)CCO)n1. The number of nitrogens with zero attached hydrogens (tertiary/aromatic N) is 2. The van der Waals surface area contributed by atoms with Gasteiger partial charge in [-0.15, -0.1) is 11.3 Å². The number of aliphatic hydroxyl groups excluding tert-OH is 1. The highest BCUT2D eigenvalue weighted by atomic mass is 32.1. The Hall–Kier alpha value is -1.92. The van der Waals surface area contributed by atoms with E-state index in [9.17, 15) is 9.90 Å². The van der Waals surface area contributed by atoms with Crippen LogP contribution in [0.3, 0.4) is 0 Å². The van der Waals surface area contributed by atoms with Crippen molar-refractivity contribution < 1.29 is 9.90 Å². The van der Waals surface area contributed by atoms with Crippen LogP contribution in [0, 0.1) is 0 Å². The van der Waals surface area contributed by atoms with E-state index < -0.39 is 0 Å². The van der Waals surface area contributed by atoms with Gasteiger partial charge in [0, 0.05) is 24.6 Å². The van der Waals surface area contributed by atoms with Gasteiger partial charge in [-0.3, -0.25) is 5.32 Å². The van der Waals surface area contributed by atoms with Gasteiger partial charge >= 0.3 is 6.03 Å². The first kappa shape index (κ1) is 17.4. The Morgan fingerprint density at radius 2 is 2.13 bits per heavy atom. The van der Waals surface area contributed by atoms with Crippen LogP contribution in [-0.2, 0) is 13.0 Å². The number of urea groups is 1. The zero-order chi connectivity index (χ0) is 16.7. The molecule has 0 saturated heterocycles. The summed E-state index contributed by atoms with van der Waals surface area (Å²) in [5.74, 6) is 0. The van der Waals surface area contributed by atoms with Crippen molar-refractivity contribution in [2.24, 2.45) is 0 Å². The molecule has 0 fully saturated rings. The first-order valence-corrected chi connectivity index (χ1v) is 8.68. The van der Waals surface area contributed by atoms with Gasteiger partial charge in [0.05, 0.1) is 5.69 Å². The summed E-state index contributed by atoms with van der Waals surface area (Å²) in [5, 5.41) is 14.6. The van der Waals surface area contributed by atoms with Gasteiger partial charge in [0.2, 0.25) is 0 Å². The number of aryl methyl sites for hydroxylation is 1. The van der Waals surface area contributed by atoms with Crippen molar-refractivity contribution >= 4 is 22.5 Å². The summed E-state index contributed by atoms with van der Waals surface area (Å²) in [6.07, 6.45) is 1.39. The summed E-state index contributed by atoms with van der Waals surface area (Å²) < 4.78 is 0. The third-order valence-electron chi connectivity index (χ3n) is 3.66. The molecule has 2 N–H and O–H groups in total. The minimum absolute atomic E-state index is 0.0526. The third kappa shape index (κ3) is 5.04. The maximum atomic E-state index is 12.6. The van der Waals surface area contributed by atoms with Crippen molar-refractivity contribution in [1.29, 1.82) is 0 Å². The molecule has 1 aromatic heterocycles. The number of benzene rings is 1. The molecule has 124 valence electrons. The Kier molecular flexibility index (Phi) is 6.55. The lowest BCUT2D eigenvalue weighted by atomic mass is 10.1. The summed E-state index contributed by atoms with van der Waals surface area (Å²) in [5.41, 5.74) is 2.03. The van der Waals surface area contributed by atoms with E-state index in [1.807, 2.05) is 49.6 Å². The molecule has 0 aliphatic rings. The Morgan fingerprint density at radius 1 is 1.39 bits per heavy atom. The molecule has 1 aromatic carbocycles. The molecule has 0 saturated carbocycles. The number of rotatable bonds is 7. The molecule has 23 heavy (non-hydrogen) atoms. The van der Waals surface area contributed by atoms with Crippen molar-refractivity contribution in [2.75, 3.05) is 11.9 Å². The van der Waals surface area contributed by atoms with Crippen LogP contribution in [0.4, 0.5) is 9.93 Å². The van der Waals surface area contributed by atoms with Gasteiger partial charge in [0.25, 0.3) is 0 Å². The van der Waals surface area contributed by atoms with Crippen molar-refractivity contribution in [3.8, 4) is 0 Å². The van der Waals surface area contributed by atoms with Crippen LogP contribution in [0.5, 0.6) is 0 Å². The number of hydrogen-bond donors (Lipinski definition) is 2. The Labute approximate surface area is 141 Å². The normalized spacial score (nSPS) is 12.0. The summed E-state index contributed by atoms with van der Waals surface area (Å²) in [6.45, 7) is 4.53. The molecule has 0 bridgehead atoms. The van der Waals surface area contributed by atoms with E-state index >= 15 is 0 Å². The molecule has 2 rings (SSSR count). The number of aromatic nitrogens is 1. The lowest BCUT2D eigenvalue weighted by Gasteiger charge is -2.28. The van der Waals surface area contributed by atoms with Gasteiger partial charge in [-0.1, -0.05) is 37.3 Å². The molecular weight excluding hydrogens is 310 g/mol. The molecule has 1 atom stereocenters. The van der Waals surface area contributed by atoms with Crippen LogP contribution in [0.25, 0.3) is 0 Å². The minimum atomic E-state index is -0.188. The summed E-state index contributed by atoms with van der Waals surface area (Å²) in [6, 6.07) is 9.59. The predicted octanol–water partition coefficient (Wildman–Crippen LogP) is 3.51. The number of carbonyl (C=O) groups is 1. The maximum absolute atomic E-state index is 12.6. The fourth-order valence-corrected chi connectivity index (χ4v) is 3.02. The Bertz CT molecular complexity index is 615. The van der Waals surface area contributed by atoms with Crippen molar-refractivity contribution in [2.45, 2.75) is 39.3 Å².